The minimum Gasteiger partial charge on any atom is -0.481 e. The van der Waals surface area contributed by atoms with Crippen molar-refractivity contribution in [3.05, 3.63) is 0 Å². The highest BCUT2D eigenvalue weighted by atomic mass is 16.4. The first-order valence-corrected chi connectivity index (χ1v) is 7.42. The Kier molecular flexibility index (Phi) is 5.19. The van der Waals surface area contributed by atoms with Crippen molar-refractivity contribution in [2.45, 2.75) is 13.3 Å². The van der Waals surface area contributed by atoms with Crippen LogP contribution in [0.5, 0.6) is 0 Å². The Morgan fingerprint density at radius 3 is 2.32 bits per heavy atom. The summed E-state index contributed by atoms with van der Waals surface area (Å²) in [6.45, 7) is 10.8. The Bertz CT molecular complexity index is 303. The van der Waals surface area contributed by atoms with E-state index in [0.29, 0.717) is 0 Å². The average molecular weight is 269 g/mol. The van der Waals surface area contributed by atoms with Crippen LogP contribution in [0.4, 0.5) is 0 Å². The van der Waals surface area contributed by atoms with Crippen molar-refractivity contribution in [3.8, 4) is 0 Å². The quantitative estimate of drug-likeness (QED) is 0.794. The number of carboxylic acids is 1. The molecule has 2 fully saturated rings. The maximum Gasteiger partial charge on any atom is 0.306 e. The fourth-order valence-corrected chi connectivity index (χ4v) is 3.16. The van der Waals surface area contributed by atoms with Crippen LogP contribution in [0.15, 0.2) is 0 Å². The van der Waals surface area contributed by atoms with Crippen LogP contribution in [0.25, 0.3) is 0 Å². The van der Waals surface area contributed by atoms with Gasteiger partial charge in [0.1, 0.15) is 0 Å². The topological polar surface area (TPSA) is 47.0 Å². The molecule has 0 saturated carbocycles. The van der Waals surface area contributed by atoms with Gasteiger partial charge in [-0.05, 0) is 25.9 Å². The lowest BCUT2D eigenvalue weighted by Crippen LogP contribution is -2.49. The van der Waals surface area contributed by atoms with Crippen LogP contribution < -0.4 is 0 Å². The van der Waals surface area contributed by atoms with Gasteiger partial charge in [0.15, 0.2) is 0 Å². The molecule has 0 amide bonds. The van der Waals surface area contributed by atoms with E-state index >= 15 is 0 Å². The molecule has 19 heavy (non-hydrogen) atoms. The van der Waals surface area contributed by atoms with Crippen molar-refractivity contribution in [2.24, 2.45) is 11.8 Å². The van der Waals surface area contributed by atoms with E-state index in [1.165, 1.54) is 0 Å². The summed E-state index contributed by atoms with van der Waals surface area (Å²) in [7, 11) is 2.18. The van der Waals surface area contributed by atoms with Crippen molar-refractivity contribution in [3.63, 3.8) is 0 Å². The zero-order valence-corrected chi connectivity index (χ0v) is 12.2. The average Bonchev–Trinajstić information content (AvgIpc) is 2.37. The molecule has 0 bridgehead atoms. The van der Waals surface area contributed by atoms with Gasteiger partial charge in [-0.1, -0.05) is 6.92 Å². The number of rotatable bonds is 4. The predicted molar refractivity (Wildman–Crippen MR) is 75.3 cm³/mol. The Hall–Kier alpha value is -0.650. The van der Waals surface area contributed by atoms with Crippen LogP contribution >= 0.6 is 0 Å². The first-order valence-electron chi connectivity index (χ1n) is 7.42. The van der Waals surface area contributed by atoms with Crippen LogP contribution in [0.2, 0.25) is 0 Å². The molecule has 2 saturated heterocycles. The Labute approximate surface area is 116 Å². The molecule has 2 heterocycles. The summed E-state index contributed by atoms with van der Waals surface area (Å²) < 4.78 is 0. The lowest BCUT2D eigenvalue weighted by atomic mass is 9.87. The summed E-state index contributed by atoms with van der Waals surface area (Å²) in [5.74, 6) is -0.482. The molecule has 0 spiro atoms. The fraction of sp³-hybridized carbons (Fsp3) is 0.929. The van der Waals surface area contributed by atoms with Gasteiger partial charge in [0.2, 0.25) is 0 Å². The summed E-state index contributed by atoms with van der Waals surface area (Å²) in [6.07, 6.45) is 0.805. The van der Waals surface area contributed by atoms with Crippen molar-refractivity contribution < 1.29 is 9.90 Å². The largest absolute Gasteiger partial charge is 0.481 e. The fourth-order valence-electron chi connectivity index (χ4n) is 3.16. The summed E-state index contributed by atoms with van der Waals surface area (Å²) in [5.41, 5.74) is 0. The monoisotopic (exact) mass is 269 g/mol. The highest BCUT2D eigenvalue weighted by Crippen LogP contribution is 2.23. The number of piperidine rings is 1. The van der Waals surface area contributed by atoms with Gasteiger partial charge in [0.25, 0.3) is 0 Å². The second-order valence-electron chi connectivity index (χ2n) is 6.16. The van der Waals surface area contributed by atoms with Crippen molar-refractivity contribution in [2.75, 3.05) is 59.4 Å². The third-order valence-corrected chi connectivity index (χ3v) is 4.63. The highest BCUT2D eigenvalue weighted by Gasteiger charge is 2.31. The molecule has 0 aliphatic carbocycles. The van der Waals surface area contributed by atoms with Gasteiger partial charge >= 0.3 is 5.97 Å². The van der Waals surface area contributed by atoms with Crippen LogP contribution in [0.3, 0.4) is 0 Å². The molecule has 2 atom stereocenters. The standard InChI is InChI=1S/C14H27N3O2/c1-12-11-17(4-3-13(12)14(18)19)10-9-16-7-5-15(2)6-8-16/h12-13H,3-11H2,1-2H3,(H,18,19). The smallest absolute Gasteiger partial charge is 0.306 e. The van der Waals surface area contributed by atoms with E-state index in [1.807, 2.05) is 0 Å². The second kappa shape index (κ2) is 6.68. The van der Waals surface area contributed by atoms with Gasteiger partial charge in [-0.25, -0.2) is 0 Å². The highest BCUT2D eigenvalue weighted by molar-refractivity contribution is 5.70. The van der Waals surface area contributed by atoms with Gasteiger partial charge in [-0.15, -0.1) is 0 Å². The maximum atomic E-state index is 11.1. The van der Waals surface area contributed by atoms with Gasteiger partial charge in [-0.2, -0.15) is 0 Å². The number of piperazine rings is 1. The molecule has 0 aromatic carbocycles. The number of carbonyl (C=O) groups is 1. The number of likely N-dealkylation sites (N-methyl/N-ethyl adjacent to an activating group) is 1. The van der Waals surface area contributed by atoms with Gasteiger partial charge in [-0.3, -0.25) is 9.69 Å². The van der Waals surface area contributed by atoms with Gasteiger partial charge in [0, 0.05) is 45.8 Å². The van der Waals surface area contributed by atoms with E-state index in [2.05, 4.69) is 28.7 Å². The number of carboxylic acid groups (broad SMARTS) is 1. The SMILES string of the molecule is CC1CN(CCN2CCN(C)CC2)CCC1C(=O)O. The Morgan fingerprint density at radius 2 is 1.74 bits per heavy atom. The van der Waals surface area contributed by atoms with Crippen LogP contribution in [-0.4, -0.2) is 85.2 Å². The van der Waals surface area contributed by atoms with E-state index in [0.717, 1.165) is 58.8 Å². The van der Waals surface area contributed by atoms with Crippen LogP contribution in [-0.2, 0) is 4.79 Å². The van der Waals surface area contributed by atoms with Crippen molar-refractivity contribution >= 4 is 5.97 Å². The lowest BCUT2D eigenvalue weighted by molar-refractivity contribution is -0.145. The molecule has 1 N–H and O–H groups in total. The molecule has 0 aromatic rings. The molecule has 5 heteroatoms. The molecule has 2 unspecified atom stereocenters. The summed E-state index contributed by atoms with van der Waals surface area (Å²) in [4.78, 5) is 18.4. The molecule has 2 aliphatic heterocycles. The number of hydrogen-bond acceptors (Lipinski definition) is 4. The molecule has 5 nitrogen and oxygen atoms in total. The zero-order valence-electron chi connectivity index (χ0n) is 12.2. The first kappa shape index (κ1) is 14.8. The van der Waals surface area contributed by atoms with E-state index < -0.39 is 5.97 Å². The van der Waals surface area contributed by atoms with Crippen molar-refractivity contribution in [1.29, 1.82) is 0 Å². The molecule has 2 aliphatic rings. The van der Waals surface area contributed by atoms with E-state index in [1.54, 1.807) is 0 Å². The summed E-state index contributed by atoms with van der Waals surface area (Å²) in [5, 5.41) is 9.12. The van der Waals surface area contributed by atoms with Crippen LogP contribution in [0, 0.1) is 11.8 Å². The van der Waals surface area contributed by atoms with Crippen LogP contribution in [0.1, 0.15) is 13.3 Å². The third kappa shape index (κ3) is 4.16. The minimum absolute atomic E-state index is 0.139. The number of nitrogens with zero attached hydrogens (tertiary/aromatic N) is 3. The van der Waals surface area contributed by atoms with Gasteiger partial charge < -0.3 is 14.9 Å². The normalized spacial score (nSPS) is 31.5. The maximum absolute atomic E-state index is 11.1. The lowest BCUT2D eigenvalue weighted by Gasteiger charge is -2.37. The summed E-state index contributed by atoms with van der Waals surface area (Å²) >= 11 is 0. The zero-order chi connectivity index (χ0) is 13.8. The third-order valence-electron chi connectivity index (χ3n) is 4.63. The number of likely N-dealkylation sites (tertiary alicyclic amines) is 1. The van der Waals surface area contributed by atoms with Gasteiger partial charge in [0.05, 0.1) is 5.92 Å². The van der Waals surface area contributed by atoms with E-state index in [9.17, 15) is 4.79 Å². The predicted octanol–water partition coefficient (Wildman–Crippen LogP) is 0.276. The van der Waals surface area contributed by atoms with E-state index in [4.69, 9.17) is 5.11 Å². The number of hydrogen-bond donors (Lipinski definition) is 1. The second-order valence-corrected chi connectivity index (χ2v) is 6.16. The minimum atomic E-state index is -0.619. The Morgan fingerprint density at radius 1 is 1.11 bits per heavy atom. The van der Waals surface area contributed by atoms with E-state index in [-0.39, 0.29) is 11.8 Å². The Balaban J connectivity index is 1.69. The molecular formula is C14H27N3O2. The molecule has 110 valence electrons. The molecule has 2 rings (SSSR count). The molecular weight excluding hydrogens is 242 g/mol. The first-order chi connectivity index (χ1) is 9.06. The van der Waals surface area contributed by atoms with Crippen molar-refractivity contribution in [1.82, 2.24) is 14.7 Å². The molecule has 0 aromatic heterocycles. The summed E-state index contributed by atoms with van der Waals surface area (Å²) in [6, 6.07) is 0. The number of aliphatic carboxylic acids is 1. The molecule has 0 radical (unpaired) electrons.